The van der Waals surface area contributed by atoms with Crippen LogP contribution in [0.15, 0.2) is 49.2 Å². The summed E-state index contributed by atoms with van der Waals surface area (Å²) < 4.78 is 0. The summed E-state index contributed by atoms with van der Waals surface area (Å²) in [6.45, 7) is 3.90. The Bertz CT molecular complexity index is 529. The second-order valence-corrected chi connectivity index (χ2v) is 3.41. The Hall–Kier alpha value is -2.16. The van der Waals surface area contributed by atoms with E-state index in [-0.39, 0.29) is 5.91 Å². The van der Waals surface area contributed by atoms with Gasteiger partial charge in [-0.25, -0.2) is 0 Å². The summed E-state index contributed by atoms with van der Waals surface area (Å²) in [6.07, 6.45) is 3.01. The van der Waals surface area contributed by atoms with E-state index in [4.69, 9.17) is 0 Å². The van der Waals surface area contributed by atoms with Crippen LogP contribution in [0.2, 0.25) is 0 Å². The molecule has 2 rings (SSSR count). The first kappa shape index (κ1) is 10.4. The van der Waals surface area contributed by atoms with E-state index in [1.54, 1.807) is 6.20 Å². The van der Waals surface area contributed by atoms with E-state index in [9.17, 15) is 4.79 Å². The van der Waals surface area contributed by atoms with Crippen LogP contribution in [0.4, 0.5) is 0 Å². The highest BCUT2D eigenvalue weighted by molar-refractivity contribution is 5.87. The van der Waals surface area contributed by atoms with Crippen molar-refractivity contribution in [3.05, 3.63) is 54.7 Å². The fourth-order valence-corrected chi connectivity index (χ4v) is 1.56. The number of carbonyl (C=O) groups excluding carboxylic acids is 1. The van der Waals surface area contributed by atoms with Crippen molar-refractivity contribution in [3.8, 4) is 0 Å². The van der Waals surface area contributed by atoms with Gasteiger partial charge in [0.05, 0.1) is 5.52 Å². The van der Waals surface area contributed by atoms with Crippen molar-refractivity contribution in [3.63, 3.8) is 0 Å². The molecule has 1 aromatic heterocycles. The Morgan fingerprint density at radius 3 is 3.00 bits per heavy atom. The zero-order chi connectivity index (χ0) is 11.4. The zero-order valence-corrected chi connectivity index (χ0v) is 8.81. The largest absolute Gasteiger partial charge is 0.348 e. The third-order valence-electron chi connectivity index (χ3n) is 2.38. The van der Waals surface area contributed by atoms with Crippen LogP contribution in [-0.2, 0) is 11.3 Å². The minimum absolute atomic E-state index is 0.166. The van der Waals surface area contributed by atoms with E-state index in [1.165, 1.54) is 6.08 Å². The molecule has 16 heavy (non-hydrogen) atoms. The van der Waals surface area contributed by atoms with Gasteiger partial charge in [0, 0.05) is 18.1 Å². The Kier molecular flexibility index (Phi) is 2.96. The smallest absolute Gasteiger partial charge is 0.243 e. The fraction of sp³-hybridized carbons (Fsp3) is 0.0769. The molecule has 0 spiro atoms. The van der Waals surface area contributed by atoms with Crippen molar-refractivity contribution in [1.29, 1.82) is 0 Å². The van der Waals surface area contributed by atoms with Gasteiger partial charge in [-0.1, -0.05) is 24.8 Å². The number of para-hydroxylation sites is 1. The molecular formula is C13H12N2O. The lowest BCUT2D eigenvalue weighted by atomic mass is 10.1. The third-order valence-corrected chi connectivity index (χ3v) is 2.38. The summed E-state index contributed by atoms with van der Waals surface area (Å²) in [5.41, 5.74) is 1.99. The van der Waals surface area contributed by atoms with Crippen LogP contribution in [-0.4, -0.2) is 10.9 Å². The number of carbonyl (C=O) groups is 1. The summed E-state index contributed by atoms with van der Waals surface area (Å²) in [6, 6.07) is 9.77. The van der Waals surface area contributed by atoms with E-state index < -0.39 is 0 Å². The average Bonchev–Trinajstić information content (AvgIpc) is 2.35. The van der Waals surface area contributed by atoms with Gasteiger partial charge in [-0.2, -0.15) is 0 Å². The molecule has 0 saturated carbocycles. The van der Waals surface area contributed by atoms with Crippen LogP contribution >= 0.6 is 0 Å². The minimum atomic E-state index is -0.166. The van der Waals surface area contributed by atoms with Crippen molar-refractivity contribution in [2.45, 2.75) is 6.54 Å². The number of rotatable bonds is 3. The molecule has 1 amide bonds. The maximum absolute atomic E-state index is 11.1. The molecule has 2 aromatic rings. The number of amides is 1. The quantitative estimate of drug-likeness (QED) is 0.791. The summed E-state index contributed by atoms with van der Waals surface area (Å²) in [5, 5.41) is 3.82. The SMILES string of the molecule is C=CC(=O)NCc1ccnc2ccccc12. The normalized spacial score (nSPS) is 10.0. The summed E-state index contributed by atoms with van der Waals surface area (Å²) in [4.78, 5) is 15.3. The Morgan fingerprint density at radius 1 is 1.38 bits per heavy atom. The molecule has 0 radical (unpaired) electrons. The van der Waals surface area contributed by atoms with Gasteiger partial charge in [-0.15, -0.1) is 0 Å². The number of fused-ring (bicyclic) bond motifs is 1. The Balaban J connectivity index is 2.30. The fourth-order valence-electron chi connectivity index (χ4n) is 1.56. The third kappa shape index (κ3) is 2.08. The molecular weight excluding hydrogens is 200 g/mol. The van der Waals surface area contributed by atoms with Crippen LogP contribution in [0, 0.1) is 0 Å². The second kappa shape index (κ2) is 4.57. The van der Waals surface area contributed by atoms with Crippen LogP contribution in [0.1, 0.15) is 5.56 Å². The van der Waals surface area contributed by atoms with Crippen LogP contribution in [0.25, 0.3) is 10.9 Å². The molecule has 3 nitrogen and oxygen atoms in total. The predicted octanol–water partition coefficient (Wildman–Crippen LogP) is 2.04. The molecule has 0 aliphatic heterocycles. The molecule has 0 saturated heterocycles. The first-order chi connectivity index (χ1) is 7.81. The highest BCUT2D eigenvalue weighted by Gasteiger charge is 2.01. The number of nitrogens with one attached hydrogen (secondary N) is 1. The average molecular weight is 212 g/mol. The molecule has 0 bridgehead atoms. The van der Waals surface area contributed by atoms with E-state index >= 15 is 0 Å². The van der Waals surface area contributed by atoms with Crippen molar-refractivity contribution >= 4 is 16.8 Å². The summed E-state index contributed by atoms with van der Waals surface area (Å²) in [5.74, 6) is -0.166. The van der Waals surface area contributed by atoms with E-state index in [0.717, 1.165) is 16.5 Å². The molecule has 0 aliphatic rings. The summed E-state index contributed by atoms with van der Waals surface area (Å²) in [7, 11) is 0. The second-order valence-electron chi connectivity index (χ2n) is 3.41. The van der Waals surface area contributed by atoms with Gasteiger partial charge in [0.2, 0.25) is 5.91 Å². The predicted molar refractivity (Wildman–Crippen MR) is 63.8 cm³/mol. The minimum Gasteiger partial charge on any atom is -0.348 e. The number of hydrogen-bond acceptors (Lipinski definition) is 2. The molecule has 1 heterocycles. The lowest BCUT2D eigenvalue weighted by Gasteiger charge is -2.06. The van der Waals surface area contributed by atoms with Gasteiger partial charge in [-0.3, -0.25) is 9.78 Å². The molecule has 0 aliphatic carbocycles. The first-order valence-corrected chi connectivity index (χ1v) is 5.04. The van der Waals surface area contributed by atoms with Crippen molar-refractivity contribution < 1.29 is 4.79 Å². The van der Waals surface area contributed by atoms with Crippen LogP contribution in [0.3, 0.4) is 0 Å². The number of nitrogens with zero attached hydrogens (tertiary/aromatic N) is 1. The lowest BCUT2D eigenvalue weighted by molar-refractivity contribution is -0.116. The summed E-state index contributed by atoms with van der Waals surface area (Å²) >= 11 is 0. The van der Waals surface area contributed by atoms with Crippen molar-refractivity contribution in [2.24, 2.45) is 0 Å². The number of aromatic nitrogens is 1. The van der Waals surface area contributed by atoms with Gasteiger partial charge >= 0.3 is 0 Å². The molecule has 0 fully saturated rings. The molecule has 3 heteroatoms. The number of benzene rings is 1. The Labute approximate surface area is 93.8 Å². The maximum Gasteiger partial charge on any atom is 0.243 e. The van der Waals surface area contributed by atoms with Gasteiger partial charge < -0.3 is 5.32 Å². The standard InChI is InChI=1S/C13H12N2O/c1-2-13(16)15-9-10-7-8-14-12-6-4-3-5-11(10)12/h2-8H,1,9H2,(H,15,16). The highest BCUT2D eigenvalue weighted by Crippen LogP contribution is 2.15. The van der Waals surface area contributed by atoms with Crippen molar-refractivity contribution in [1.82, 2.24) is 10.3 Å². The highest BCUT2D eigenvalue weighted by atomic mass is 16.1. The van der Waals surface area contributed by atoms with Crippen LogP contribution < -0.4 is 5.32 Å². The van der Waals surface area contributed by atoms with Crippen molar-refractivity contribution in [2.75, 3.05) is 0 Å². The molecule has 0 atom stereocenters. The van der Waals surface area contributed by atoms with E-state index in [1.807, 2.05) is 30.3 Å². The monoisotopic (exact) mass is 212 g/mol. The van der Waals surface area contributed by atoms with Gasteiger partial charge in [0.15, 0.2) is 0 Å². The molecule has 1 N–H and O–H groups in total. The lowest BCUT2D eigenvalue weighted by Crippen LogP contribution is -2.20. The first-order valence-electron chi connectivity index (χ1n) is 5.04. The van der Waals surface area contributed by atoms with Gasteiger partial charge in [-0.05, 0) is 23.8 Å². The van der Waals surface area contributed by atoms with E-state index in [2.05, 4.69) is 16.9 Å². The number of pyridine rings is 1. The number of hydrogen-bond donors (Lipinski definition) is 1. The molecule has 80 valence electrons. The maximum atomic E-state index is 11.1. The van der Waals surface area contributed by atoms with Gasteiger partial charge in [0.1, 0.15) is 0 Å². The van der Waals surface area contributed by atoms with Crippen LogP contribution in [0.5, 0.6) is 0 Å². The van der Waals surface area contributed by atoms with E-state index in [0.29, 0.717) is 6.54 Å². The molecule has 1 aromatic carbocycles. The molecule has 0 unspecified atom stereocenters. The zero-order valence-electron chi connectivity index (χ0n) is 8.81. The Morgan fingerprint density at radius 2 is 2.19 bits per heavy atom. The topological polar surface area (TPSA) is 42.0 Å². The van der Waals surface area contributed by atoms with Gasteiger partial charge in [0.25, 0.3) is 0 Å².